The van der Waals surface area contributed by atoms with Gasteiger partial charge in [0.05, 0.1) is 0 Å². The van der Waals surface area contributed by atoms with Gasteiger partial charge in [0, 0.05) is 5.69 Å². The zero-order chi connectivity index (χ0) is 12.4. The van der Waals surface area contributed by atoms with Gasteiger partial charge in [-0.15, -0.1) is 0 Å². The summed E-state index contributed by atoms with van der Waals surface area (Å²) >= 11 is 0. The Kier molecular flexibility index (Phi) is 2.73. The van der Waals surface area contributed by atoms with Crippen LogP contribution in [0.25, 0.3) is 11.1 Å². The summed E-state index contributed by atoms with van der Waals surface area (Å²) in [5, 5.41) is 3.17. The summed E-state index contributed by atoms with van der Waals surface area (Å²) in [6, 6.07) is 16.5. The van der Waals surface area contributed by atoms with Crippen molar-refractivity contribution in [2.24, 2.45) is 0 Å². The Morgan fingerprint density at radius 1 is 1.06 bits per heavy atom. The maximum Gasteiger partial charge on any atom is 0.300 e. The van der Waals surface area contributed by atoms with E-state index in [1.54, 1.807) is 0 Å². The quantitative estimate of drug-likeness (QED) is 0.745. The van der Waals surface area contributed by atoms with E-state index >= 15 is 0 Å². The average molecular weight is 238 g/mol. The molecule has 3 rings (SSSR count). The Hall–Kier alpha value is -2.29. The first kappa shape index (κ1) is 10.8. The van der Waals surface area contributed by atoms with Gasteiger partial charge in [-0.2, -0.15) is 4.98 Å². The van der Waals surface area contributed by atoms with Gasteiger partial charge in [-0.1, -0.05) is 31.2 Å². The van der Waals surface area contributed by atoms with Crippen LogP contribution in [-0.4, -0.2) is 4.98 Å². The molecule has 3 heteroatoms. The molecule has 3 nitrogen and oxygen atoms in total. The maximum absolute atomic E-state index is 5.61. The summed E-state index contributed by atoms with van der Waals surface area (Å²) in [5.41, 5.74) is 3.97. The number of anilines is 2. The molecular formula is C15H14N2O. The van der Waals surface area contributed by atoms with Crippen LogP contribution in [0.1, 0.15) is 12.5 Å². The van der Waals surface area contributed by atoms with Crippen molar-refractivity contribution in [3.63, 3.8) is 0 Å². The van der Waals surface area contributed by atoms with E-state index in [9.17, 15) is 0 Å². The molecule has 0 saturated carbocycles. The molecule has 0 aliphatic rings. The van der Waals surface area contributed by atoms with E-state index in [0.717, 1.165) is 23.2 Å². The first-order chi connectivity index (χ1) is 8.85. The van der Waals surface area contributed by atoms with Crippen molar-refractivity contribution in [3.8, 4) is 0 Å². The van der Waals surface area contributed by atoms with E-state index in [1.807, 2.05) is 36.4 Å². The minimum absolute atomic E-state index is 0.528. The van der Waals surface area contributed by atoms with E-state index in [-0.39, 0.29) is 0 Å². The zero-order valence-electron chi connectivity index (χ0n) is 10.2. The van der Waals surface area contributed by atoms with Crippen molar-refractivity contribution in [2.45, 2.75) is 13.3 Å². The molecule has 0 aliphatic heterocycles. The van der Waals surface area contributed by atoms with Gasteiger partial charge in [0.25, 0.3) is 6.01 Å². The highest BCUT2D eigenvalue weighted by molar-refractivity contribution is 5.75. The molecule has 18 heavy (non-hydrogen) atoms. The van der Waals surface area contributed by atoms with E-state index in [1.165, 1.54) is 5.56 Å². The smallest absolute Gasteiger partial charge is 0.300 e. The summed E-state index contributed by atoms with van der Waals surface area (Å²) in [6.45, 7) is 2.14. The fraction of sp³-hybridized carbons (Fsp3) is 0.133. The SMILES string of the molecule is CCc1ccc(Nc2nc3ccccc3o2)cc1. The van der Waals surface area contributed by atoms with Gasteiger partial charge in [0.15, 0.2) is 5.58 Å². The lowest BCUT2D eigenvalue weighted by Crippen LogP contribution is -1.90. The van der Waals surface area contributed by atoms with Crippen molar-refractivity contribution in [3.05, 3.63) is 54.1 Å². The Morgan fingerprint density at radius 3 is 2.56 bits per heavy atom. The molecule has 3 aromatic rings. The van der Waals surface area contributed by atoms with Crippen molar-refractivity contribution < 1.29 is 4.42 Å². The molecule has 0 fully saturated rings. The molecule has 0 spiro atoms. The molecule has 0 radical (unpaired) electrons. The van der Waals surface area contributed by atoms with E-state index in [0.29, 0.717) is 6.01 Å². The van der Waals surface area contributed by atoms with Crippen molar-refractivity contribution >= 4 is 22.8 Å². The summed E-state index contributed by atoms with van der Waals surface area (Å²) in [5.74, 6) is 0. The number of para-hydroxylation sites is 2. The minimum Gasteiger partial charge on any atom is -0.423 e. The number of hydrogen-bond acceptors (Lipinski definition) is 3. The number of nitrogens with zero attached hydrogens (tertiary/aromatic N) is 1. The third-order valence-corrected chi connectivity index (χ3v) is 2.91. The largest absolute Gasteiger partial charge is 0.423 e. The number of rotatable bonds is 3. The summed E-state index contributed by atoms with van der Waals surface area (Å²) in [6.07, 6.45) is 1.04. The molecule has 1 N–H and O–H groups in total. The second-order valence-electron chi connectivity index (χ2n) is 4.16. The number of benzene rings is 2. The molecule has 90 valence electrons. The Balaban J connectivity index is 1.86. The molecular weight excluding hydrogens is 224 g/mol. The Bertz CT molecular complexity index is 623. The first-order valence-corrected chi connectivity index (χ1v) is 6.06. The van der Waals surface area contributed by atoms with Gasteiger partial charge in [-0.3, -0.25) is 0 Å². The van der Waals surface area contributed by atoms with Crippen LogP contribution in [0.15, 0.2) is 52.9 Å². The van der Waals surface area contributed by atoms with Crippen LogP contribution in [0.3, 0.4) is 0 Å². The van der Waals surface area contributed by atoms with Gasteiger partial charge in [-0.05, 0) is 36.2 Å². The first-order valence-electron chi connectivity index (χ1n) is 6.06. The van der Waals surface area contributed by atoms with Gasteiger partial charge < -0.3 is 9.73 Å². The van der Waals surface area contributed by atoms with Crippen LogP contribution in [0.4, 0.5) is 11.7 Å². The fourth-order valence-electron chi connectivity index (χ4n) is 1.87. The second kappa shape index (κ2) is 4.53. The Morgan fingerprint density at radius 2 is 1.83 bits per heavy atom. The zero-order valence-corrected chi connectivity index (χ0v) is 10.2. The molecule has 1 aromatic heterocycles. The van der Waals surface area contributed by atoms with Crippen molar-refractivity contribution in [1.82, 2.24) is 4.98 Å². The lowest BCUT2D eigenvalue weighted by molar-refractivity contribution is 0.623. The predicted octanol–water partition coefficient (Wildman–Crippen LogP) is 4.13. The molecule has 1 heterocycles. The van der Waals surface area contributed by atoms with E-state index in [2.05, 4.69) is 29.4 Å². The van der Waals surface area contributed by atoms with Gasteiger partial charge >= 0.3 is 0 Å². The Labute approximate surface area is 105 Å². The number of nitrogens with one attached hydrogen (secondary N) is 1. The number of fused-ring (bicyclic) bond motifs is 1. The molecule has 0 aliphatic carbocycles. The summed E-state index contributed by atoms with van der Waals surface area (Å²) in [7, 11) is 0. The van der Waals surface area contributed by atoms with Crippen molar-refractivity contribution in [1.29, 1.82) is 0 Å². The van der Waals surface area contributed by atoms with Crippen LogP contribution in [0.2, 0.25) is 0 Å². The minimum atomic E-state index is 0.528. The molecule has 0 atom stereocenters. The lowest BCUT2D eigenvalue weighted by atomic mass is 10.1. The van der Waals surface area contributed by atoms with Gasteiger partial charge in [0.2, 0.25) is 0 Å². The van der Waals surface area contributed by atoms with Crippen LogP contribution < -0.4 is 5.32 Å². The summed E-state index contributed by atoms with van der Waals surface area (Å²) in [4.78, 5) is 4.37. The monoisotopic (exact) mass is 238 g/mol. The maximum atomic E-state index is 5.61. The average Bonchev–Trinajstić information content (AvgIpc) is 2.82. The normalized spacial score (nSPS) is 10.7. The predicted molar refractivity (Wildman–Crippen MR) is 73.1 cm³/mol. The van der Waals surface area contributed by atoms with Crippen LogP contribution >= 0.6 is 0 Å². The van der Waals surface area contributed by atoms with Crippen molar-refractivity contribution in [2.75, 3.05) is 5.32 Å². The second-order valence-corrected chi connectivity index (χ2v) is 4.16. The number of aromatic nitrogens is 1. The molecule has 0 amide bonds. The van der Waals surface area contributed by atoms with Gasteiger partial charge in [-0.25, -0.2) is 0 Å². The number of aryl methyl sites for hydroxylation is 1. The van der Waals surface area contributed by atoms with Crippen LogP contribution in [0.5, 0.6) is 0 Å². The third-order valence-electron chi connectivity index (χ3n) is 2.91. The highest BCUT2D eigenvalue weighted by atomic mass is 16.4. The topological polar surface area (TPSA) is 38.1 Å². The molecule has 2 aromatic carbocycles. The highest BCUT2D eigenvalue weighted by Crippen LogP contribution is 2.21. The molecule has 0 saturated heterocycles. The van der Waals surface area contributed by atoms with E-state index < -0.39 is 0 Å². The van der Waals surface area contributed by atoms with Crippen LogP contribution in [0, 0.1) is 0 Å². The lowest BCUT2D eigenvalue weighted by Gasteiger charge is -2.02. The third kappa shape index (κ3) is 2.07. The fourth-order valence-corrected chi connectivity index (χ4v) is 1.87. The van der Waals surface area contributed by atoms with E-state index in [4.69, 9.17) is 4.42 Å². The molecule has 0 bridgehead atoms. The van der Waals surface area contributed by atoms with Crippen LogP contribution in [-0.2, 0) is 6.42 Å². The number of hydrogen-bond donors (Lipinski definition) is 1. The molecule has 0 unspecified atom stereocenters. The highest BCUT2D eigenvalue weighted by Gasteiger charge is 2.04. The standard InChI is InChI=1S/C15H14N2O/c1-2-11-7-9-12(10-8-11)16-15-17-13-5-3-4-6-14(13)18-15/h3-10H,2H2,1H3,(H,16,17). The van der Waals surface area contributed by atoms with Gasteiger partial charge in [0.1, 0.15) is 5.52 Å². The summed E-state index contributed by atoms with van der Waals surface area (Å²) < 4.78 is 5.61. The number of oxazole rings is 1.